The predicted octanol–water partition coefficient (Wildman–Crippen LogP) is -6.92. The van der Waals surface area contributed by atoms with Gasteiger partial charge < -0.3 is 34.9 Å². The van der Waals surface area contributed by atoms with Crippen molar-refractivity contribution in [3.8, 4) is 0 Å². The molecule has 0 aromatic heterocycles. The van der Waals surface area contributed by atoms with Crippen molar-refractivity contribution in [3.63, 3.8) is 0 Å². The summed E-state index contributed by atoms with van der Waals surface area (Å²) >= 11 is 0. The van der Waals surface area contributed by atoms with E-state index in [0.29, 0.717) is 17.9 Å². The number of benzene rings is 1. The maximum atomic E-state index is 11.6. The second-order valence-electron chi connectivity index (χ2n) is 4.56. The molecule has 0 aliphatic rings. The number of hydrogen-bond donors (Lipinski definition) is 3. The summed E-state index contributed by atoms with van der Waals surface area (Å²) in [6.07, 6.45) is -1.83. The first-order chi connectivity index (χ1) is 13.3. The van der Waals surface area contributed by atoms with Crippen LogP contribution in [0.4, 0.5) is 10.5 Å². The zero-order valence-corrected chi connectivity index (χ0v) is 22.5. The number of carbonyl (C=O) groups excluding carboxylic acids is 3. The molecule has 1 rings (SSSR count). The molecule has 0 saturated heterocycles. The van der Waals surface area contributed by atoms with Crippen LogP contribution in [0.3, 0.4) is 0 Å². The van der Waals surface area contributed by atoms with Crippen LogP contribution >= 0.6 is 0 Å². The summed E-state index contributed by atoms with van der Waals surface area (Å²) in [4.78, 5) is 38.5. The van der Waals surface area contributed by atoms with Crippen molar-refractivity contribution in [1.29, 1.82) is 0 Å². The van der Waals surface area contributed by atoms with E-state index in [2.05, 4.69) is 18.7 Å². The van der Waals surface area contributed by atoms with E-state index < -0.39 is 16.6 Å². The Balaban J connectivity index is -0.000000134. The summed E-state index contributed by atoms with van der Waals surface area (Å²) in [7, 11) is -4.92. The van der Waals surface area contributed by atoms with Gasteiger partial charge in [0, 0.05) is 12.2 Å². The van der Waals surface area contributed by atoms with Gasteiger partial charge in [0.25, 0.3) is 0 Å². The minimum atomic E-state index is -4.92. The van der Waals surface area contributed by atoms with Gasteiger partial charge in [-0.25, -0.2) is 13.2 Å². The third-order valence-corrected chi connectivity index (χ3v) is 2.68. The normalized spacial score (nSPS) is 8.68. The van der Waals surface area contributed by atoms with E-state index in [1.54, 1.807) is 24.3 Å². The summed E-state index contributed by atoms with van der Waals surface area (Å²) in [6, 6.07) is 6.74. The standard InChI is InChI=1S/C13H20N2O2.CH2O3.CO2.2Na.H2O4S/c1-3-15(4-2)9-10-17-13(16)11-5-7-12(14)8-6-11;2-1(3)4;2-1-3;;;1-5(2,3)4/h5-8H,3-4,9-10,14H2,1-2H3;(H2,2,3,4);;;;(H2,1,2,3,4)/q;;;2*+1;/p-2. The van der Waals surface area contributed by atoms with Crippen LogP contribution < -0.4 is 70.0 Å². The third kappa shape index (κ3) is 39.9. The number of esters is 1. The number of hydrogen-bond acceptors (Lipinski definition) is 11. The molecule has 0 bridgehead atoms. The fraction of sp³-hybridized carbons (Fsp3) is 0.400. The van der Waals surface area contributed by atoms with Crippen LogP contribution in [0.5, 0.6) is 0 Å². The summed E-state index contributed by atoms with van der Waals surface area (Å²) in [6.45, 7) is 7.31. The fourth-order valence-corrected chi connectivity index (χ4v) is 1.51. The summed E-state index contributed by atoms with van der Waals surface area (Å²) in [5.41, 5.74) is 6.73. The molecule has 0 radical (unpaired) electrons. The molecule has 31 heavy (non-hydrogen) atoms. The minimum absolute atomic E-state index is 0. The molecule has 166 valence electrons. The Morgan fingerprint density at radius 2 is 1.45 bits per heavy atom. The first-order valence-corrected chi connectivity index (χ1v) is 9.01. The molecule has 0 unspecified atom stereocenters. The van der Waals surface area contributed by atoms with E-state index in [-0.39, 0.29) is 71.2 Å². The molecule has 1 aromatic rings. The van der Waals surface area contributed by atoms with Crippen molar-refractivity contribution >= 4 is 34.4 Å². The van der Waals surface area contributed by atoms with Gasteiger partial charge in [0.2, 0.25) is 16.6 Å². The molecule has 0 amide bonds. The Morgan fingerprint density at radius 3 is 1.74 bits per heavy atom. The van der Waals surface area contributed by atoms with E-state index in [0.717, 1.165) is 19.6 Å². The van der Waals surface area contributed by atoms with Gasteiger partial charge in [-0.05, 0) is 37.4 Å². The quantitative estimate of drug-likeness (QED) is 0.112. The second-order valence-corrected chi connectivity index (χ2v) is 5.42. The van der Waals surface area contributed by atoms with Gasteiger partial charge in [-0.15, -0.1) is 0 Å². The van der Waals surface area contributed by atoms with Crippen LogP contribution in [0.15, 0.2) is 24.3 Å². The van der Waals surface area contributed by atoms with Crippen LogP contribution in [0, 0.1) is 0 Å². The molecule has 0 fully saturated rings. The third-order valence-electron chi connectivity index (χ3n) is 2.68. The van der Waals surface area contributed by atoms with Crippen molar-refractivity contribution in [1.82, 2.24) is 4.90 Å². The van der Waals surface area contributed by atoms with Crippen molar-refractivity contribution in [2.45, 2.75) is 13.8 Å². The molecule has 0 spiro atoms. The SMILES string of the molecule is CCN(CC)CCOC(=O)c1ccc(N)cc1.O=C([O-])O.O=C=O.O=S(=O)([O-])O.[Na+].[Na+]. The smallest absolute Gasteiger partial charge is 0.726 e. The van der Waals surface area contributed by atoms with Crippen molar-refractivity contribution in [2.24, 2.45) is 0 Å². The number of ether oxygens (including phenoxy) is 1. The zero-order chi connectivity index (χ0) is 23.5. The van der Waals surface area contributed by atoms with E-state index in [1.165, 1.54) is 0 Å². The molecule has 0 saturated carbocycles. The topological polar surface area (TPSA) is 227 Å². The first kappa shape index (κ1) is 40.3. The number of nitrogens with two attached hydrogens (primary N) is 1. The van der Waals surface area contributed by atoms with Gasteiger partial charge in [0.05, 0.1) is 5.56 Å². The number of likely N-dealkylation sites (N-methyl/N-ethyl adjacent to an activating group) is 1. The zero-order valence-electron chi connectivity index (χ0n) is 17.6. The summed E-state index contributed by atoms with van der Waals surface area (Å²) in [5.74, 6) is -0.294. The van der Waals surface area contributed by atoms with Crippen LogP contribution in [-0.2, 0) is 24.7 Å². The molecular formula is C15H22N2Na2O11S. The average Bonchev–Trinajstić information content (AvgIpc) is 2.58. The van der Waals surface area contributed by atoms with Crippen LogP contribution in [0.1, 0.15) is 24.2 Å². The molecular weight excluding hydrogens is 462 g/mol. The number of carbonyl (C=O) groups is 2. The Kier molecular flexibility index (Phi) is 32.8. The second kappa shape index (κ2) is 25.2. The Labute approximate surface area is 224 Å². The maximum absolute atomic E-state index is 11.6. The Bertz CT molecular complexity index is 709. The van der Waals surface area contributed by atoms with E-state index in [4.69, 9.17) is 52.6 Å². The van der Waals surface area contributed by atoms with Gasteiger partial charge >= 0.3 is 71.2 Å². The van der Waals surface area contributed by atoms with Crippen LogP contribution in [0.2, 0.25) is 0 Å². The molecule has 0 aliphatic heterocycles. The number of anilines is 1. The van der Waals surface area contributed by atoms with Gasteiger partial charge in [-0.2, -0.15) is 9.59 Å². The van der Waals surface area contributed by atoms with Gasteiger partial charge in [0.1, 0.15) is 6.61 Å². The number of rotatable bonds is 6. The number of carboxylic acid groups (broad SMARTS) is 2. The maximum Gasteiger partial charge on any atom is 1.00 e. The molecule has 0 atom stereocenters. The molecule has 0 heterocycles. The number of nitrogens with zero attached hydrogens (tertiary/aromatic N) is 1. The van der Waals surface area contributed by atoms with E-state index in [9.17, 15) is 4.79 Å². The van der Waals surface area contributed by atoms with Crippen molar-refractivity contribution in [3.05, 3.63) is 29.8 Å². The Morgan fingerprint density at radius 1 is 1.13 bits per heavy atom. The summed E-state index contributed by atoms with van der Waals surface area (Å²) in [5, 5.41) is 15.3. The van der Waals surface area contributed by atoms with Gasteiger partial charge in [-0.1, -0.05) is 13.8 Å². The van der Waals surface area contributed by atoms with Gasteiger partial charge in [0.15, 0.2) is 0 Å². The monoisotopic (exact) mass is 484 g/mol. The van der Waals surface area contributed by atoms with Crippen molar-refractivity contribution in [2.75, 3.05) is 32.0 Å². The first-order valence-electron chi connectivity index (χ1n) is 7.64. The average molecular weight is 484 g/mol. The minimum Gasteiger partial charge on any atom is -0.726 e. The molecule has 1 aromatic carbocycles. The molecule has 13 nitrogen and oxygen atoms in total. The molecule has 0 aliphatic carbocycles. The molecule has 16 heteroatoms. The van der Waals surface area contributed by atoms with Gasteiger partial charge in [-0.3, -0.25) is 4.55 Å². The fourth-order valence-electron chi connectivity index (χ4n) is 1.51. The van der Waals surface area contributed by atoms with Crippen LogP contribution in [0.25, 0.3) is 0 Å². The van der Waals surface area contributed by atoms with Crippen LogP contribution in [-0.4, -0.2) is 72.0 Å². The number of nitrogen functional groups attached to an aromatic ring is 1. The van der Waals surface area contributed by atoms with Crippen molar-refractivity contribution < 1.29 is 111 Å². The predicted molar refractivity (Wildman–Crippen MR) is 94.3 cm³/mol. The summed E-state index contributed by atoms with van der Waals surface area (Å²) < 4.78 is 38.0. The van der Waals surface area contributed by atoms with E-state index in [1.807, 2.05) is 0 Å². The largest absolute Gasteiger partial charge is 1.00 e. The molecule has 4 N–H and O–H groups in total. The Hall–Kier alpha value is -1.03. The van der Waals surface area contributed by atoms with E-state index >= 15 is 0 Å².